The summed E-state index contributed by atoms with van der Waals surface area (Å²) >= 11 is 0. The third-order valence-corrected chi connectivity index (χ3v) is 8.94. The maximum absolute atomic E-state index is 14.5. The molecule has 5 rings (SSSR count). The third-order valence-electron chi connectivity index (χ3n) is 7.02. The average molecular weight is 494 g/mol. The van der Waals surface area contributed by atoms with Gasteiger partial charge in [-0.25, -0.2) is 12.8 Å². The molecule has 2 saturated heterocycles. The monoisotopic (exact) mass is 493 g/mol. The summed E-state index contributed by atoms with van der Waals surface area (Å²) in [7, 11) is -3.62. The first-order chi connectivity index (χ1) is 16.9. The van der Waals surface area contributed by atoms with Crippen LogP contribution in [0.25, 0.3) is 0 Å². The zero-order valence-corrected chi connectivity index (χ0v) is 20.1. The lowest BCUT2D eigenvalue weighted by Crippen LogP contribution is -2.59. The Morgan fingerprint density at radius 2 is 1.49 bits per heavy atom. The van der Waals surface area contributed by atoms with Crippen molar-refractivity contribution < 1.29 is 17.6 Å². The van der Waals surface area contributed by atoms with Crippen LogP contribution in [0.2, 0.25) is 0 Å². The number of carbonyl (C=O) groups is 1. The van der Waals surface area contributed by atoms with Gasteiger partial charge in [0.1, 0.15) is 5.82 Å². The van der Waals surface area contributed by atoms with Gasteiger partial charge in [-0.3, -0.25) is 10.1 Å². The van der Waals surface area contributed by atoms with Crippen LogP contribution in [-0.2, 0) is 27.8 Å². The molecule has 35 heavy (non-hydrogen) atoms. The number of hydrogen-bond donors (Lipinski definition) is 1. The second-order valence-electron chi connectivity index (χ2n) is 9.15. The Hall–Kier alpha value is -3.07. The molecule has 1 spiro atoms. The van der Waals surface area contributed by atoms with E-state index in [1.807, 2.05) is 30.3 Å². The van der Waals surface area contributed by atoms with Gasteiger partial charge in [-0.2, -0.15) is 4.31 Å². The van der Waals surface area contributed by atoms with Crippen molar-refractivity contribution in [3.63, 3.8) is 0 Å². The molecule has 1 amide bonds. The minimum absolute atomic E-state index is 0.0866. The Bertz CT molecular complexity index is 1290. The molecule has 0 aliphatic carbocycles. The second kappa shape index (κ2) is 9.53. The summed E-state index contributed by atoms with van der Waals surface area (Å²) in [4.78, 5) is 15.6. The van der Waals surface area contributed by atoms with Crippen LogP contribution in [0.1, 0.15) is 24.0 Å². The number of benzene rings is 3. The standard InChI is InChI=1S/C27H28FN3O3S/c28-24-14-8-7-11-22(24)20-31-26(32)25(19-21-9-3-1-4-10-21)29-27(31)15-17-30(18-16-27)35(33,34)23-12-5-2-6-13-23/h1-14,25,29H,15-20H2. The Labute approximate surface area is 205 Å². The molecule has 8 heteroatoms. The first-order valence-corrected chi connectivity index (χ1v) is 13.2. The van der Waals surface area contributed by atoms with Gasteiger partial charge < -0.3 is 4.90 Å². The number of rotatable bonds is 6. The minimum Gasteiger partial charge on any atom is -0.319 e. The number of nitrogens with one attached hydrogen (secondary N) is 1. The SMILES string of the molecule is O=C1C(Cc2ccccc2)NC2(CCN(S(=O)(=O)c3ccccc3)CC2)N1Cc1ccccc1F. The van der Waals surface area contributed by atoms with Gasteiger partial charge in [-0.05, 0) is 43.0 Å². The largest absolute Gasteiger partial charge is 0.319 e. The number of nitrogens with zero attached hydrogens (tertiary/aromatic N) is 2. The van der Waals surface area contributed by atoms with Gasteiger partial charge in [0.15, 0.2) is 0 Å². The van der Waals surface area contributed by atoms with E-state index in [0.29, 0.717) is 24.8 Å². The number of amides is 1. The fourth-order valence-corrected chi connectivity index (χ4v) is 6.59. The van der Waals surface area contributed by atoms with E-state index in [0.717, 1.165) is 5.56 Å². The van der Waals surface area contributed by atoms with Gasteiger partial charge in [-0.15, -0.1) is 0 Å². The molecule has 3 aromatic carbocycles. The summed E-state index contributed by atoms with van der Waals surface area (Å²) < 4.78 is 42.3. The second-order valence-corrected chi connectivity index (χ2v) is 11.1. The normalized spacial score (nSPS) is 20.4. The molecule has 2 aliphatic heterocycles. The van der Waals surface area contributed by atoms with E-state index >= 15 is 0 Å². The van der Waals surface area contributed by atoms with Crippen LogP contribution < -0.4 is 5.32 Å². The molecule has 1 unspecified atom stereocenters. The Kier molecular flexibility index (Phi) is 6.44. The van der Waals surface area contributed by atoms with Crippen molar-refractivity contribution in [1.29, 1.82) is 0 Å². The fourth-order valence-electron chi connectivity index (χ4n) is 5.13. The topological polar surface area (TPSA) is 69.7 Å². The highest BCUT2D eigenvalue weighted by molar-refractivity contribution is 7.89. The molecular formula is C27H28FN3O3S. The molecule has 182 valence electrons. The zero-order valence-electron chi connectivity index (χ0n) is 19.3. The molecule has 2 heterocycles. The van der Waals surface area contributed by atoms with Gasteiger partial charge in [0.05, 0.1) is 23.1 Å². The number of halogens is 1. The summed E-state index contributed by atoms with van der Waals surface area (Å²) in [6.45, 7) is 0.669. The van der Waals surface area contributed by atoms with E-state index in [4.69, 9.17) is 0 Å². The van der Waals surface area contributed by atoms with Crippen LogP contribution in [0.3, 0.4) is 0 Å². The predicted molar refractivity (Wildman–Crippen MR) is 131 cm³/mol. The van der Waals surface area contributed by atoms with Crippen molar-refractivity contribution in [2.75, 3.05) is 13.1 Å². The zero-order chi connectivity index (χ0) is 24.5. The third kappa shape index (κ3) is 4.61. The van der Waals surface area contributed by atoms with Crippen LogP contribution in [0, 0.1) is 5.82 Å². The lowest BCUT2D eigenvalue weighted by atomic mass is 9.96. The summed E-state index contributed by atoms with van der Waals surface area (Å²) in [6.07, 6.45) is 1.36. The first kappa shape index (κ1) is 23.7. The van der Waals surface area contributed by atoms with E-state index in [-0.39, 0.29) is 36.3 Å². The van der Waals surface area contributed by atoms with Gasteiger partial charge in [-0.1, -0.05) is 66.7 Å². The van der Waals surface area contributed by atoms with Crippen LogP contribution in [0.15, 0.2) is 89.8 Å². The van der Waals surface area contributed by atoms with Gasteiger partial charge >= 0.3 is 0 Å². The molecular weight excluding hydrogens is 465 g/mol. The van der Waals surface area contributed by atoms with E-state index in [1.54, 1.807) is 53.4 Å². The average Bonchev–Trinajstić information content (AvgIpc) is 3.12. The van der Waals surface area contributed by atoms with Crippen LogP contribution in [0.5, 0.6) is 0 Å². The van der Waals surface area contributed by atoms with Crippen molar-refractivity contribution in [1.82, 2.24) is 14.5 Å². The number of piperidine rings is 1. The maximum atomic E-state index is 14.5. The van der Waals surface area contributed by atoms with Crippen LogP contribution in [-0.4, -0.2) is 48.3 Å². The molecule has 0 aromatic heterocycles. The fraction of sp³-hybridized carbons (Fsp3) is 0.296. The highest BCUT2D eigenvalue weighted by Gasteiger charge is 2.52. The van der Waals surface area contributed by atoms with E-state index in [9.17, 15) is 17.6 Å². The van der Waals surface area contributed by atoms with Gasteiger partial charge in [0.25, 0.3) is 0 Å². The molecule has 2 aliphatic rings. The highest BCUT2D eigenvalue weighted by atomic mass is 32.2. The summed E-state index contributed by atoms with van der Waals surface area (Å²) in [5.41, 5.74) is 0.744. The minimum atomic E-state index is -3.62. The Morgan fingerprint density at radius 1 is 0.886 bits per heavy atom. The first-order valence-electron chi connectivity index (χ1n) is 11.8. The van der Waals surface area contributed by atoms with Crippen molar-refractivity contribution in [2.45, 2.75) is 42.4 Å². The van der Waals surface area contributed by atoms with Gasteiger partial charge in [0, 0.05) is 18.7 Å². The summed E-state index contributed by atoms with van der Waals surface area (Å²) in [6, 6.07) is 24.2. The molecule has 0 saturated carbocycles. The molecule has 2 fully saturated rings. The molecule has 0 radical (unpaired) electrons. The van der Waals surface area contributed by atoms with Crippen molar-refractivity contribution in [2.24, 2.45) is 0 Å². The van der Waals surface area contributed by atoms with Crippen molar-refractivity contribution in [3.8, 4) is 0 Å². The quantitative estimate of drug-likeness (QED) is 0.570. The smallest absolute Gasteiger partial charge is 0.243 e. The van der Waals surface area contributed by atoms with Crippen molar-refractivity contribution >= 4 is 15.9 Å². The number of carbonyl (C=O) groups excluding carboxylic acids is 1. The van der Waals surface area contributed by atoms with E-state index in [2.05, 4.69) is 5.32 Å². The predicted octanol–water partition coefficient (Wildman–Crippen LogP) is 3.55. The van der Waals surface area contributed by atoms with Crippen molar-refractivity contribution in [3.05, 3.63) is 102 Å². The number of hydrogen-bond acceptors (Lipinski definition) is 4. The molecule has 1 atom stereocenters. The Morgan fingerprint density at radius 3 is 2.14 bits per heavy atom. The van der Waals surface area contributed by atoms with E-state index < -0.39 is 21.7 Å². The Balaban J connectivity index is 1.41. The molecule has 6 nitrogen and oxygen atoms in total. The molecule has 3 aromatic rings. The lowest BCUT2D eigenvalue weighted by Gasteiger charge is -2.44. The van der Waals surface area contributed by atoms with Gasteiger partial charge in [0.2, 0.25) is 15.9 Å². The lowest BCUT2D eigenvalue weighted by molar-refractivity contribution is -0.134. The molecule has 0 bridgehead atoms. The van der Waals surface area contributed by atoms with Crippen LogP contribution in [0.4, 0.5) is 4.39 Å². The van der Waals surface area contributed by atoms with E-state index in [1.165, 1.54) is 10.4 Å². The molecule has 1 N–H and O–H groups in total. The highest BCUT2D eigenvalue weighted by Crippen LogP contribution is 2.36. The summed E-state index contributed by atoms with van der Waals surface area (Å²) in [5, 5.41) is 3.54. The number of sulfonamides is 1. The summed E-state index contributed by atoms with van der Waals surface area (Å²) in [5.74, 6) is -0.442. The van der Waals surface area contributed by atoms with Crippen LogP contribution >= 0.6 is 0 Å². The maximum Gasteiger partial charge on any atom is 0.243 e.